The van der Waals surface area contributed by atoms with Crippen LogP contribution in [0.4, 0.5) is 4.39 Å². The molecule has 4 nitrogen and oxygen atoms in total. The Kier molecular flexibility index (Phi) is 3.55. The van der Waals surface area contributed by atoms with Crippen LogP contribution in [0.25, 0.3) is 11.4 Å². The van der Waals surface area contributed by atoms with E-state index in [1.807, 2.05) is 6.07 Å². The van der Waals surface area contributed by atoms with E-state index < -0.39 is 5.82 Å². The van der Waals surface area contributed by atoms with Gasteiger partial charge in [-0.25, -0.2) is 4.39 Å². The molecule has 0 aliphatic carbocycles. The molecule has 0 radical (unpaired) electrons. The van der Waals surface area contributed by atoms with Crippen LogP contribution >= 0.6 is 0 Å². The number of carbonyl (C=O) groups excluding carboxylic acids is 1. The molecule has 0 saturated carbocycles. The van der Waals surface area contributed by atoms with E-state index in [0.29, 0.717) is 5.56 Å². The van der Waals surface area contributed by atoms with Crippen LogP contribution < -0.4 is 0 Å². The van der Waals surface area contributed by atoms with Gasteiger partial charge in [0.1, 0.15) is 5.82 Å². The highest BCUT2D eigenvalue weighted by Crippen LogP contribution is 2.19. The van der Waals surface area contributed by atoms with Crippen LogP contribution in [0.1, 0.15) is 16.2 Å². The molecule has 0 unspecified atom stereocenters. The fraction of sp³-hybridized carbons (Fsp3) is 0.0625. The summed E-state index contributed by atoms with van der Waals surface area (Å²) in [6, 6.07) is 15.0. The van der Waals surface area contributed by atoms with E-state index in [2.05, 4.69) is 10.1 Å². The van der Waals surface area contributed by atoms with Crippen molar-refractivity contribution >= 4 is 5.78 Å². The molecule has 0 bridgehead atoms. The number of halogens is 1. The molecule has 21 heavy (non-hydrogen) atoms. The largest absolute Gasteiger partial charge is 0.338 e. The molecule has 104 valence electrons. The summed E-state index contributed by atoms with van der Waals surface area (Å²) in [6.07, 6.45) is -0.00847. The molecular weight excluding hydrogens is 271 g/mol. The fourth-order valence-corrected chi connectivity index (χ4v) is 1.94. The Labute approximate surface area is 120 Å². The Balaban J connectivity index is 1.80. The zero-order chi connectivity index (χ0) is 14.7. The molecule has 5 heteroatoms. The minimum Gasteiger partial charge on any atom is -0.338 e. The highest BCUT2D eigenvalue weighted by atomic mass is 19.1. The van der Waals surface area contributed by atoms with E-state index in [1.54, 1.807) is 42.5 Å². The number of hydrogen-bond acceptors (Lipinski definition) is 4. The Morgan fingerprint density at radius 3 is 2.52 bits per heavy atom. The van der Waals surface area contributed by atoms with Gasteiger partial charge in [-0.05, 0) is 12.1 Å². The minimum absolute atomic E-state index is 0.00847. The van der Waals surface area contributed by atoms with Crippen LogP contribution in [-0.2, 0) is 6.42 Å². The summed E-state index contributed by atoms with van der Waals surface area (Å²) in [5, 5.41) is 3.72. The topological polar surface area (TPSA) is 56.0 Å². The third-order valence-electron chi connectivity index (χ3n) is 2.99. The standard InChI is InChI=1S/C16H11FN2O2/c17-13-9-5-4-8-12(13)16-18-15(21-19-16)10-14(20)11-6-2-1-3-7-11/h1-9H,10H2. The Morgan fingerprint density at radius 1 is 1.05 bits per heavy atom. The van der Waals surface area contributed by atoms with Gasteiger partial charge in [0.15, 0.2) is 5.78 Å². The first kappa shape index (κ1) is 13.2. The highest BCUT2D eigenvalue weighted by Gasteiger charge is 2.15. The average Bonchev–Trinajstić information content (AvgIpc) is 2.97. The van der Waals surface area contributed by atoms with Gasteiger partial charge in [0.25, 0.3) is 0 Å². The zero-order valence-electron chi connectivity index (χ0n) is 11.0. The molecule has 3 rings (SSSR count). The van der Waals surface area contributed by atoms with Crippen LogP contribution in [-0.4, -0.2) is 15.9 Å². The number of nitrogens with zero attached hydrogens (tertiary/aromatic N) is 2. The molecule has 0 spiro atoms. The Hall–Kier alpha value is -2.82. The van der Waals surface area contributed by atoms with Crippen molar-refractivity contribution in [3.8, 4) is 11.4 Å². The quantitative estimate of drug-likeness (QED) is 0.689. The van der Waals surface area contributed by atoms with Crippen molar-refractivity contribution < 1.29 is 13.7 Å². The van der Waals surface area contributed by atoms with Gasteiger partial charge < -0.3 is 4.52 Å². The lowest BCUT2D eigenvalue weighted by atomic mass is 10.1. The molecule has 0 fully saturated rings. The Morgan fingerprint density at radius 2 is 1.76 bits per heavy atom. The molecule has 0 amide bonds. The van der Waals surface area contributed by atoms with Crippen LogP contribution in [0.5, 0.6) is 0 Å². The molecule has 3 aromatic rings. The first-order valence-electron chi connectivity index (χ1n) is 6.40. The van der Waals surface area contributed by atoms with Crippen molar-refractivity contribution in [3.63, 3.8) is 0 Å². The number of Topliss-reactive ketones (excluding diaryl/α,β-unsaturated/α-hetero) is 1. The van der Waals surface area contributed by atoms with E-state index >= 15 is 0 Å². The van der Waals surface area contributed by atoms with Crippen LogP contribution in [0.15, 0.2) is 59.1 Å². The summed E-state index contributed by atoms with van der Waals surface area (Å²) < 4.78 is 18.6. The number of ketones is 1. The second-order valence-electron chi connectivity index (χ2n) is 4.46. The molecule has 0 N–H and O–H groups in total. The van der Waals surface area contributed by atoms with Crippen molar-refractivity contribution in [1.29, 1.82) is 0 Å². The normalized spacial score (nSPS) is 10.5. The van der Waals surface area contributed by atoms with Gasteiger partial charge >= 0.3 is 0 Å². The smallest absolute Gasteiger partial charge is 0.234 e. The maximum Gasteiger partial charge on any atom is 0.234 e. The van der Waals surface area contributed by atoms with Gasteiger partial charge in [-0.15, -0.1) is 0 Å². The lowest BCUT2D eigenvalue weighted by Crippen LogP contribution is -2.03. The van der Waals surface area contributed by atoms with Crippen LogP contribution in [0.3, 0.4) is 0 Å². The summed E-state index contributed by atoms with van der Waals surface area (Å²) in [5.41, 5.74) is 0.822. The minimum atomic E-state index is -0.431. The lowest BCUT2D eigenvalue weighted by molar-refractivity contribution is 0.0983. The third kappa shape index (κ3) is 2.86. The van der Waals surface area contributed by atoms with E-state index in [0.717, 1.165) is 0 Å². The predicted molar refractivity (Wildman–Crippen MR) is 74.2 cm³/mol. The van der Waals surface area contributed by atoms with Gasteiger partial charge in [0.05, 0.1) is 12.0 Å². The van der Waals surface area contributed by atoms with E-state index in [-0.39, 0.29) is 29.5 Å². The van der Waals surface area contributed by atoms with E-state index in [4.69, 9.17) is 4.52 Å². The Bertz CT molecular complexity index is 769. The molecule has 0 aliphatic rings. The SMILES string of the molecule is O=C(Cc1nc(-c2ccccc2F)no1)c1ccccc1. The second kappa shape index (κ2) is 5.66. The van der Waals surface area contributed by atoms with Gasteiger partial charge in [-0.2, -0.15) is 4.98 Å². The lowest BCUT2D eigenvalue weighted by Gasteiger charge is -1.96. The molecule has 1 aromatic heterocycles. The molecule has 1 heterocycles. The van der Waals surface area contributed by atoms with Crippen molar-refractivity contribution in [2.24, 2.45) is 0 Å². The molecular formula is C16H11FN2O2. The summed E-state index contributed by atoms with van der Waals surface area (Å²) in [4.78, 5) is 16.1. The first-order valence-corrected chi connectivity index (χ1v) is 6.40. The van der Waals surface area contributed by atoms with Gasteiger partial charge in [0.2, 0.25) is 11.7 Å². The number of carbonyl (C=O) groups is 1. The van der Waals surface area contributed by atoms with Crippen molar-refractivity contribution in [2.75, 3.05) is 0 Å². The number of hydrogen-bond donors (Lipinski definition) is 0. The van der Waals surface area contributed by atoms with Gasteiger partial charge in [0, 0.05) is 5.56 Å². The number of benzene rings is 2. The van der Waals surface area contributed by atoms with Crippen LogP contribution in [0.2, 0.25) is 0 Å². The summed E-state index contributed by atoms with van der Waals surface area (Å²) in [5.74, 6) is -0.246. The highest BCUT2D eigenvalue weighted by molar-refractivity contribution is 5.96. The van der Waals surface area contributed by atoms with Crippen LogP contribution in [0, 0.1) is 5.82 Å². The number of rotatable bonds is 4. The van der Waals surface area contributed by atoms with Gasteiger partial charge in [-0.3, -0.25) is 4.79 Å². The molecule has 2 aromatic carbocycles. The average molecular weight is 282 g/mol. The first-order chi connectivity index (χ1) is 10.2. The van der Waals surface area contributed by atoms with Gasteiger partial charge in [-0.1, -0.05) is 47.6 Å². The summed E-state index contributed by atoms with van der Waals surface area (Å²) in [6.45, 7) is 0. The van der Waals surface area contributed by atoms with E-state index in [1.165, 1.54) is 6.07 Å². The maximum absolute atomic E-state index is 13.6. The molecule has 0 atom stereocenters. The molecule has 0 saturated heterocycles. The van der Waals surface area contributed by atoms with Crippen molar-refractivity contribution in [3.05, 3.63) is 71.9 Å². The monoisotopic (exact) mass is 282 g/mol. The summed E-state index contributed by atoms with van der Waals surface area (Å²) >= 11 is 0. The van der Waals surface area contributed by atoms with Crippen molar-refractivity contribution in [1.82, 2.24) is 10.1 Å². The van der Waals surface area contributed by atoms with E-state index in [9.17, 15) is 9.18 Å². The third-order valence-corrected chi connectivity index (χ3v) is 2.99. The zero-order valence-corrected chi connectivity index (χ0v) is 11.0. The molecule has 0 aliphatic heterocycles. The number of aromatic nitrogens is 2. The maximum atomic E-state index is 13.6. The second-order valence-corrected chi connectivity index (χ2v) is 4.46. The predicted octanol–water partition coefficient (Wildman–Crippen LogP) is 3.30. The summed E-state index contributed by atoms with van der Waals surface area (Å²) in [7, 11) is 0. The van der Waals surface area contributed by atoms with Crippen molar-refractivity contribution in [2.45, 2.75) is 6.42 Å². The fourth-order valence-electron chi connectivity index (χ4n) is 1.94.